The molecule has 194 valence electrons. The van der Waals surface area contributed by atoms with Gasteiger partial charge in [-0.3, -0.25) is 0 Å². The Bertz CT molecular complexity index is 1240. The number of halogens is 13. The molecule has 0 spiro atoms. The second kappa shape index (κ2) is 8.98. The van der Waals surface area contributed by atoms with Crippen LogP contribution in [-0.4, -0.2) is 0 Å². The van der Waals surface area contributed by atoms with Gasteiger partial charge >= 0.3 is 6.18 Å². The van der Waals surface area contributed by atoms with Crippen LogP contribution >= 0.6 is 0 Å². The van der Waals surface area contributed by atoms with Gasteiger partial charge in [-0.25, -0.2) is 43.9 Å². The van der Waals surface area contributed by atoms with Gasteiger partial charge < -0.3 is 16.2 Å². The molecular weight excluding hydrogens is 531 g/mol. The average molecular weight is 538 g/mol. The van der Waals surface area contributed by atoms with E-state index in [2.05, 4.69) is 0 Å². The zero-order valence-electron chi connectivity index (χ0n) is 16.7. The lowest BCUT2D eigenvalue weighted by atomic mass is 9.97. The van der Waals surface area contributed by atoms with Crippen molar-refractivity contribution in [1.82, 2.24) is 0 Å². The number of ether oxygens (including phenoxy) is 1. The summed E-state index contributed by atoms with van der Waals surface area (Å²) in [5, 5.41) is 0. The summed E-state index contributed by atoms with van der Waals surface area (Å²) in [6.07, 6.45) is -8.48. The highest BCUT2D eigenvalue weighted by molar-refractivity contribution is 5.69. The molecule has 0 saturated heterocycles. The maximum atomic E-state index is 14.5. The lowest BCUT2D eigenvalue weighted by Gasteiger charge is -2.25. The van der Waals surface area contributed by atoms with Crippen LogP contribution < -0.4 is 16.2 Å². The molecule has 3 rings (SSSR count). The van der Waals surface area contributed by atoms with Gasteiger partial charge in [0.15, 0.2) is 58.4 Å². The smallest absolute Gasteiger partial charge is 0.416 e. The van der Waals surface area contributed by atoms with Gasteiger partial charge in [0.05, 0.1) is 28.1 Å². The first-order chi connectivity index (χ1) is 16.5. The summed E-state index contributed by atoms with van der Waals surface area (Å²) in [5.74, 6) is -29.0. The molecule has 3 nitrogen and oxygen atoms in total. The third kappa shape index (κ3) is 4.19. The fraction of sp³-hybridized carbons (Fsp3) is 0.100. The molecule has 3 aromatic rings. The first-order valence-corrected chi connectivity index (χ1v) is 8.96. The summed E-state index contributed by atoms with van der Waals surface area (Å²) in [6, 6.07) is 0.194. The fourth-order valence-corrected chi connectivity index (χ4v) is 3.06. The van der Waals surface area contributed by atoms with Crippen molar-refractivity contribution < 1.29 is 61.8 Å². The van der Waals surface area contributed by atoms with E-state index in [-0.39, 0.29) is 12.1 Å². The van der Waals surface area contributed by atoms with Crippen molar-refractivity contribution in [2.45, 2.75) is 12.3 Å². The first-order valence-electron chi connectivity index (χ1n) is 8.96. The molecule has 0 aliphatic rings. The van der Waals surface area contributed by atoms with Crippen LogP contribution in [0.1, 0.15) is 22.8 Å². The molecule has 0 radical (unpaired) electrons. The normalized spacial score (nSPS) is 11.9. The van der Waals surface area contributed by atoms with Crippen molar-refractivity contribution in [3.05, 3.63) is 87.0 Å². The van der Waals surface area contributed by atoms with Crippen molar-refractivity contribution in [1.29, 1.82) is 0 Å². The molecule has 0 amide bonds. The molecule has 3 aromatic carbocycles. The Morgan fingerprint density at radius 3 is 1.08 bits per heavy atom. The largest absolute Gasteiger partial charge is 0.476 e. The van der Waals surface area contributed by atoms with E-state index in [1.807, 2.05) is 0 Å². The minimum atomic E-state index is -5.08. The standard InChI is InChI=1S/C20H7F13N2O/c21-8-6(9(22)13(26)16(29)12(8)25)19(7-10(23)14(27)17(30)15(28)11(7)24)36-18-4(34)1-3(2-5(18)35)20(31,32)33/h1-2,19H,34-35H2. The first kappa shape index (κ1) is 26.7. The monoisotopic (exact) mass is 538 g/mol. The molecule has 0 aromatic heterocycles. The minimum absolute atomic E-state index is 0.0971. The van der Waals surface area contributed by atoms with E-state index in [9.17, 15) is 57.1 Å². The topological polar surface area (TPSA) is 61.3 Å². The van der Waals surface area contributed by atoms with Crippen molar-refractivity contribution in [3.8, 4) is 5.75 Å². The van der Waals surface area contributed by atoms with E-state index < -0.39 is 104 Å². The van der Waals surface area contributed by atoms with Crippen molar-refractivity contribution in [2.75, 3.05) is 11.5 Å². The molecule has 0 saturated carbocycles. The van der Waals surface area contributed by atoms with E-state index in [1.165, 1.54) is 0 Å². The fourth-order valence-electron chi connectivity index (χ4n) is 3.06. The highest BCUT2D eigenvalue weighted by atomic mass is 19.4. The zero-order chi connectivity index (χ0) is 27.4. The highest BCUT2D eigenvalue weighted by Crippen LogP contribution is 2.44. The molecule has 0 bridgehead atoms. The van der Waals surface area contributed by atoms with E-state index in [4.69, 9.17) is 16.2 Å². The number of rotatable bonds is 4. The summed E-state index contributed by atoms with van der Waals surface area (Å²) in [5.41, 5.74) is 2.32. The van der Waals surface area contributed by atoms with Gasteiger partial charge in [-0.05, 0) is 12.1 Å². The lowest BCUT2D eigenvalue weighted by molar-refractivity contribution is -0.137. The number of nitrogen functional groups attached to an aromatic ring is 2. The Morgan fingerprint density at radius 2 is 0.806 bits per heavy atom. The van der Waals surface area contributed by atoms with Crippen molar-refractivity contribution in [2.24, 2.45) is 0 Å². The van der Waals surface area contributed by atoms with Crippen molar-refractivity contribution >= 4 is 11.4 Å². The van der Waals surface area contributed by atoms with Crippen LogP contribution in [0.15, 0.2) is 12.1 Å². The van der Waals surface area contributed by atoms with Gasteiger partial charge in [-0.1, -0.05) is 0 Å². The van der Waals surface area contributed by atoms with Crippen LogP contribution in [0, 0.1) is 58.2 Å². The van der Waals surface area contributed by atoms with Gasteiger partial charge in [-0.15, -0.1) is 0 Å². The number of alkyl halides is 3. The quantitative estimate of drug-likeness (QED) is 0.174. The van der Waals surface area contributed by atoms with Crippen LogP contribution in [0.4, 0.5) is 68.5 Å². The molecule has 0 unspecified atom stereocenters. The van der Waals surface area contributed by atoms with Crippen LogP contribution in [0.5, 0.6) is 5.75 Å². The molecule has 0 aliphatic heterocycles. The molecule has 0 aliphatic carbocycles. The summed E-state index contributed by atoms with van der Waals surface area (Å²) < 4.78 is 184. The predicted octanol–water partition coefficient (Wildman–Crippen LogP) is 6.43. The Labute approximate surface area is 190 Å². The summed E-state index contributed by atoms with van der Waals surface area (Å²) >= 11 is 0. The number of anilines is 2. The molecule has 0 heterocycles. The highest BCUT2D eigenvalue weighted by Gasteiger charge is 2.40. The minimum Gasteiger partial charge on any atom is -0.476 e. The zero-order valence-corrected chi connectivity index (χ0v) is 16.7. The van der Waals surface area contributed by atoms with Gasteiger partial charge in [0, 0.05) is 0 Å². The Morgan fingerprint density at radius 1 is 0.528 bits per heavy atom. The Kier molecular flexibility index (Phi) is 6.67. The maximum Gasteiger partial charge on any atom is 0.416 e. The van der Waals surface area contributed by atoms with E-state index in [0.29, 0.717) is 0 Å². The summed E-state index contributed by atoms with van der Waals surface area (Å²) in [4.78, 5) is 0. The molecule has 36 heavy (non-hydrogen) atoms. The van der Waals surface area contributed by atoms with Gasteiger partial charge in [0.25, 0.3) is 0 Å². The summed E-state index contributed by atoms with van der Waals surface area (Å²) in [6.45, 7) is 0. The third-order valence-electron chi connectivity index (χ3n) is 4.72. The van der Waals surface area contributed by atoms with E-state index in [1.54, 1.807) is 0 Å². The Hall–Kier alpha value is -3.85. The number of hydrogen-bond acceptors (Lipinski definition) is 3. The van der Waals surface area contributed by atoms with E-state index >= 15 is 0 Å². The van der Waals surface area contributed by atoms with Crippen molar-refractivity contribution in [3.63, 3.8) is 0 Å². The van der Waals surface area contributed by atoms with Crippen LogP contribution in [0.25, 0.3) is 0 Å². The van der Waals surface area contributed by atoms with E-state index in [0.717, 1.165) is 0 Å². The van der Waals surface area contributed by atoms with Gasteiger partial charge in [0.1, 0.15) is 0 Å². The third-order valence-corrected chi connectivity index (χ3v) is 4.72. The van der Waals surface area contributed by atoms with Crippen LogP contribution in [0.3, 0.4) is 0 Å². The molecule has 0 fully saturated rings. The molecular formula is C20H7F13N2O. The predicted molar refractivity (Wildman–Crippen MR) is 95.2 cm³/mol. The average Bonchev–Trinajstić information content (AvgIpc) is 2.80. The van der Waals surface area contributed by atoms with Crippen LogP contribution in [-0.2, 0) is 6.18 Å². The lowest BCUT2D eigenvalue weighted by Crippen LogP contribution is -2.22. The molecule has 0 atom stereocenters. The van der Waals surface area contributed by atoms with Gasteiger partial charge in [0.2, 0.25) is 11.6 Å². The number of hydrogen-bond donors (Lipinski definition) is 2. The van der Waals surface area contributed by atoms with Crippen LogP contribution in [0.2, 0.25) is 0 Å². The molecule has 16 heteroatoms. The van der Waals surface area contributed by atoms with Gasteiger partial charge in [-0.2, -0.15) is 13.2 Å². The molecule has 4 N–H and O–H groups in total. The number of nitrogens with two attached hydrogens (primary N) is 2. The summed E-state index contributed by atoms with van der Waals surface area (Å²) in [7, 11) is 0. The Balaban J connectivity index is 2.41. The SMILES string of the molecule is Nc1cc(C(F)(F)F)cc(N)c1OC(c1c(F)c(F)c(F)c(F)c1F)c1c(F)c(F)c(F)c(F)c1F. The maximum absolute atomic E-state index is 14.5. The number of benzene rings is 3. The second-order valence-corrected chi connectivity index (χ2v) is 6.95. The second-order valence-electron chi connectivity index (χ2n) is 6.95.